The zero-order valence-electron chi connectivity index (χ0n) is 36.7. The summed E-state index contributed by atoms with van der Waals surface area (Å²) in [6.45, 7) is 9.50. The number of hydrogen-bond acceptors (Lipinski definition) is 6. The smallest absolute Gasteiger partial charge is 0.306 e. The molecule has 0 aliphatic rings. The second-order valence-electron chi connectivity index (χ2n) is 16.4. The minimum atomic E-state index is -0.387. The summed E-state index contributed by atoms with van der Waals surface area (Å²) in [6.07, 6.45) is 40.1. The van der Waals surface area contributed by atoms with Gasteiger partial charge in [-0.3, -0.25) is 14.4 Å². The van der Waals surface area contributed by atoms with E-state index < -0.39 is 0 Å². The van der Waals surface area contributed by atoms with Gasteiger partial charge >= 0.3 is 17.9 Å². The van der Waals surface area contributed by atoms with Crippen LogP contribution in [0.4, 0.5) is 0 Å². The zero-order chi connectivity index (χ0) is 39.6. The lowest BCUT2D eigenvalue weighted by Crippen LogP contribution is -2.35. The predicted octanol–water partition coefficient (Wildman–Crippen LogP) is 15.3. The van der Waals surface area contributed by atoms with Crippen LogP contribution in [-0.4, -0.2) is 36.7 Å². The van der Waals surface area contributed by atoms with Gasteiger partial charge in [0.15, 0.2) is 0 Å². The summed E-state index contributed by atoms with van der Waals surface area (Å²) in [5, 5.41) is 0. The molecular weight excluding hydrogens is 673 g/mol. The Bertz CT molecular complexity index is 813. The minimum absolute atomic E-state index is 0.0678. The molecule has 320 valence electrons. The summed E-state index contributed by atoms with van der Waals surface area (Å²) in [5.74, 6) is -0.348. The lowest BCUT2D eigenvalue weighted by molar-refractivity contribution is -0.169. The molecule has 0 rings (SSSR count). The summed E-state index contributed by atoms with van der Waals surface area (Å²) in [7, 11) is 0. The fourth-order valence-electron chi connectivity index (χ4n) is 7.31. The van der Waals surface area contributed by atoms with E-state index in [1.807, 2.05) is 0 Å². The van der Waals surface area contributed by atoms with E-state index in [0.29, 0.717) is 32.3 Å². The van der Waals surface area contributed by atoms with Crippen molar-refractivity contribution in [3.8, 4) is 0 Å². The van der Waals surface area contributed by atoms with Gasteiger partial charge in [0.05, 0.1) is 6.61 Å². The molecule has 0 saturated carbocycles. The van der Waals surface area contributed by atoms with E-state index in [4.69, 9.17) is 14.2 Å². The molecule has 2 unspecified atom stereocenters. The fourth-order valence-corrected chi connectivity index (χ4v) is 7.31. The van der Waals surface area contributed by atoms with Crippen molar-refractivity contribution in [2.75, 3.05) is 6.61 Å². The number of carbonyl (C=O) groups excluding carboxylic acids is 3. The van der Waals surface area contributed by atoms with Crippen molar-refractivity contribution in [2.24, 2.45) is 0 Å². The SMILES string of the molecule is CCCCCCCCCCOC(=O)CCCCCCCC(OC(=O)CCCCCCCCC)C(CCCCCCCC)OC(=O)CCCCCCCCC. The highest BCUT2D eigenvalue weighted by atomic mass is 16.6. The van der Waals surface area contributed by atoms with E-state index in [2.05, 4.69) is 27.7 Å². The third-order valence-corrected chi connectivity index (χ3v) is 10.9. The standard InChI is InChI=1S/C48H92O6/c1-5-9-13-17-21-24-31-37-43-52-46(49)40-34-30-25-27-33-39-45(54-48(51)42-36-29-23-19-15-11-7-3)44(38-32-26-20-16-12-8-4)53-47(50)41-35-28-22-18-14-10-6-2/h44-45H,5-43H2,1-4H3. The Morgan fingerprint density at radius 1 is 0.315 bits per heavy atom. The first-order valence-electron chi connectivity index (χ1n) is 24.0. The first kappa shape index (κ1) is 52.4. The molecule has 2 atom stereocenters. The van der Waals surface area contributed by atoms with Crippen LogP contribution in [0.25, 0.3) is 0 Å². The van der Waals surface area contributed by atoms with Crippen molar-refractivity contribution in [3.63, 3.8) is 0 Å². The molecule has 0 heterocycles. The van der Waals surface area contributed by atoms with E-state index in [0.717, 1.165) is 89.9 Å². The van der Waals surface area contributed by atoms with Crippen LogP contribution in [0.3, 0.4) is 0 Å². The van der Waals surface area contributed by atoms with E-state index in [1.165, 1.54) is 128 Å². The van der Waals surface area contributed by atoms with Gasteiger partial charge in [0.1, 0.15) is 12.2 Å². The molecule has 0 aromatic rings. The van der Waals surface area contributed by atoms with E-state index in [1.54, 1.807) is 0 Å². The molecule has 6 heteroatoms. The molecule has 0 saturated heterocycles. The molecule has 0 radical (unpaired) electrons. The third-order valence-electron chi connectivity index (χ3n) is 10.9. The van der Waals surface area contributed by atoms with Crippen LogP contribution >= 0.6 is 0 Å². The zero-order valence-corrected chi connectivity index (χ0v) is 36.7. The van der Waals surface area contributed by atoms with Crippen LogP contribution in [0.5, 0.6) is 0 Å². The summed E-state index contributed by atoms with van der Waals surface area (Å²) >= 11 is 0. The quantitative estimate of drug-likeness (QED) is 0.0349. The maximum absolute atomic E-state index is 13.2. The molecule has 6 nitrogen and oxygen atoms in total. The van der Waals surface area contributed by atoms with Gasteiger partial charge < -0.3 is 14.2 Å². The van der Waals surface area contributed by atoms with Crippen molar-refractivity contribution in [1.29, 1.82) is 0 Å². The largest absolute Gasteiger partial charge is 0.466 e. The Morgan fingerprint density at radius 3 is 0.907 bits per heavy atom. The molecule has 0 aromatic carbocycles. The van der Waals surface area contributed by atoms with E-state index in [-0.39, 0.29) is 30.1 Å². The Labute approximate surface area is 336 Å². The molecule has 0 aliphatic carbocycles. The van der Waals surface area contributed by atoms with Gasteiger partial charge in [-0.25, -0.2) is 0 Å². The Kier molecular flexibility index (Phi) is 41.3. The molecule has 0 amide bonds. The number of rotatable bonds is 43. The predicted molar refractivity (Wildman–Crippen MR) is 229 cm³/mol. The lowest BCUT2D eigenvalue weighted by atomic mass is 9.99. The van der Waals surface area contributed by atoms with Gasteiger partial charge in [0.2, 0.25) is 0 Å². The second kappa shape index (κ2) is 42.6. The van der Waals surface area contributed by atoms with Crippen molar-refractivity contribution in [2.45, 2.75) is 284 Å². The van der Waals surface area contributed by atoms with Crippen LogP contribution in [-0.2, 0) is 28.6 Å². The van der Waals surface area contributed by atoms with E-state index in [9.17, 15) is 14.4 Å². The average molecular weight is 765 g/mol. The normalized spacial score (nSPS) is 12.4. The van der Waals surface area contributed by atoms with Crippen LogP contribution in [0, 0.1) is 0 Å². The van der Waals surface area contributed by atoms with Crippen LogP contribution in [0.15, 0.2) is 0 Å². The molecule has 0 N–H and O–H groups in total. The minimum Gasteiger partial charge on any atom is -0.466 e. The fraction of sp³-hybridized carbons (Fsp3) is 0.938. The number of unbranched alkanes of at least 4 members (excludes halogenated alkanes) is 28. The number of esters is 3. The number of carbonyl (C=O) groups is 3. The third kappa shape index (κ3) is 37.3. The van der Waals surface area contributed by atoms with Gasteiger partial charge in [0, 0.05) is 19.3 Å². The van der Waals surface area contributed by atoms with Gasteiger partial charge in [-0.1, -0.05) is 201 Å². The summed E-state index contributed by atoms with van der Waals surface area (Å²) in [4.78, 5) is 38.5. The molecule has 54 heavy (non-hydrogen) atoms. The van der Waals surface area contributed by atoms with Crippen molar-refractivity contribution >= 4 is 17.9 Å². The maximum atomic E-state index is 13.2. The van der Waals surface area contributed by atoms with Gasteiger partial charge in [-0.05, 0) is 51.4 Å². The first-order valence-corrected chi connectivity index (χ1v) is 24.0. The highest BCUT2D eigenvalue weighted by Crippen LogP contribution is 2.23. The molecule has 0 fully saturated rings. The monoisotopic (exact) mass is 765 g/mol. The molecule has 0 aliphatic heterocycles. The van der Waals surface area contributed by atoms with Crippen molar-refractivity contribution < 1.29 is 28.6 Å². The highest BCUT2D eigenvalue weighted by molar-refractivity contribution is 5.70. The first-order chi connectivity index (χ1) is 26.5. The van der Waals surface area contributed by atoms with Crippen LogP contribution < -0.4 is 0 Å². The van der Waals surface area contributed by atoms with Crippen LogP contribution in [0.2, 0.25) is 0 Å². The molecule has 0 spiro atoms. The number of hydrogen-bond donors (Lipinski definition) is 0. The van der Waals surface area contributed by atoms with Gasteiger partial charge in [-0.2, -0.15) is 0 Å². The second-order valence-corrected chi connectivity index (χ2v) is 16.4. The molecule has 0 bridgehead atoms. The summed E-state index contributed by atoms with van der Waals surface area (Å²) in [6, 6.07) is 0. The Hall–Kier alpha value is -1.59. The lowest BCUT2D eigenvalue weighted by Gasteiger charge is -2.27. The van der Waals surface area contributed by atoms with Crippen molar-refractivity contribution in [3.05, 3.63) is 0 Å². The average Bonchev–Trinajstić information content (AvgIpc) is 3.16. The van der Waals surface area contributed by atoms with Gasteiger partial charge in [0.25, 0.3) is 0 Å². The maximum Gasteiger partial charge on any atom is 0.306 e. The topological polar surface area (TPSA) is 78.9 Å². The van der Waals surface area contributed by atoms with Crippen LogP contribution in [0.1, 0.15) is 272 Å². The Morgan fingerprint density at radius 2 is 0.574 bits per heavy atom. The van der Waals surface area contributed by atoms with Gasteiger partial charge in [-0.15, -0.1) is 0 Å². The summed E-state index contributed by atoms with van der Waals surface area (Å²) < 4.78 is 17.9. The summed E-state index contributed by atoms with van der Waals surface area (Å²) in [5.41, 5.74) is 0. The number of ether oxygens (including phenoxy) is 3. The molecular formula is C48H92O6. The Balaban J connectivity index is 4.93. The highest BCUT2D eigenvalue weighted by Gasteiger charge is 2.28. The molecule has 0 aromatic heterocycles. The van der Waals surface area contributed by atoms with Crippen molar-refractivity contribution in [1.82, 2.24) is 0 Å². The van der Waals surface area contributed by atoms with E-state index >= 15 is 0 Å².